The normalized spacial score (nSPS) is 19.2. The zero-order chi connectivity index (χ0) is 12.1. The van der Waals surface area contributed by atoms with Crippen LogP contribution in [0.2, 0.25) is 0 Å². The van der Waals surface area contributed by atoms with Crippen LogP contribution in [0, 0.1) is 11.7 Å². The highest BCUT2D eigenvalue weighted by Gasteiger charge is 2.26. The van der Waals surface area contributed by atoms with Crippen LogP contribution in [-0.2, 0) is 4.74 Å². The third-order valence-electron chi connectivity index (χ3n) is 3.58. The van der Waals surface area contributed by atoms with Crippen molar-refractivity contribution in [2.75, 3.05) is 19.8 Å². The van der Waals surface area contributed by atoms with Crippen LogP contribution in [-0.4, -0.2) is 24.9 Å². The van der Waals surface area contributed by atoms with Gasteiger partial charge in [0.15, 0.2) is 0 Å². The number of ether oxygens (including phenoxy) is 1. The summed E-state index contributed by atoms with van der Waals surface area (Å²) >= 11 is 0. The molecule has 94 valence electrons. The van der Waals surface area contributed by atoms with Crippen LogP contribution < -0.4 is 0 Å². The smallest absolute Gasteiger partial charge is 0.126 e. The number of aliphatic hydroxyl groups is 1. The highest BCUT2D eigenvalue weighted by atomic mass is 19.1. The summed E-state index contributed by atoms with van der Waals surface area (Å²) in [4.78, 5) is 0. The molecule has 1 aliphatic heterocycles. The molecule has 1 atom stereocenters. The number of hydrogen-bond acceptors (Lipinski definition) is 2. The van der Waals surface area contributed by atoms with Crippen LogP contribution >= 0.6 is 0 Å². The molecule has 0 bridgehead atoms. The summed E-state index contributed by atoms with van der Waals surface area (Å²) < 4.78 is 19.1. The van der Waals surface area contributed by atoms with E-state index in [2.05, 4.69) is 0 Å². The predicted octanol–water partition coefficient (Wildman–Crippen LogP) is 2.72. The Morgan fingerprint density at radius 3 is 2.65 bits per heavy atom. The average Bonchev–Trinajstić information content (AvgIpc) is 2.38. The van der Waals surface area contributed by atoms with Crippen molar-refractivity contribution in [2.45, 2.75) is 25.2 Å². The van der Waals surface area contributed by atoms with Gasteiger partial charge in [0.25, 0.3) is 0 Å². The van der Waals surface area contributed by atoms with Gasteiger partial charge < -0.3 is 9.84 Å². The molecule has 2 nitrogen and oxygen atoms in total. The van der Waals surface area contributed by atoms with Crippen LogP contribution in [0.25, 0.3) is 0 Å². The van der Waals surface area contributed by atoms with Gasteiger partial charge in [-0.2, -0.15) is 0 Å². The molecule has 17 heavy (non-hydrogen) atoms. The van der Waals surface area contributed by atoms with Gasteiger partial charge in [-0.15, -0.1) is 0 Å². The fourth-order valence-electron chi connectivity index (χ4n) is 2.68. The van der Waals surface area contributed by atoms with Crippen molar-refractivity contribution in [3.63, 3.8) is 0 Å². The Morgan fingerprint density at radius 1 is 1.29 bits per heavy atom. The molecule has 1 N–H and O–H groups in total. The zero-order valence-corrected chi connectivity index (χ0v) is 9.94. The molecule has 0 radical (unpaired) electrons. The fourth-order valence-corrected chi connectivity index (χ4v) is 2.68. The maximum Gasteiger partial charge on any atom is 0.126 e. The van der Waals surface area contributed by atoms with Gasteiger partial charge in [-0.3, -0.25) is 0 Å². The third kappa shape index (κ3) is 3.05. The molecular formula is C14H19FO2. The highest BCUT2D eigenvalue weighted by molar-refractivity contribution is 5.22. The molecule has 2 rings (SSSR count). The summed E-state index contributed by atoms with van der Waals surface area (Å²) in [5.74, 6) is 0.385. The first-order valence-electron chi connectivity index (χ1n) is 6.26. The molecule has 1 unspecified atom stereocenters. The van der Waals surface area contributed by atoms with Crippen molar-refractivity contribution in [3.05, 3.63) is 35.6 Å². The van der Waals surface area contributed by atoms with Crippen molar-refractivity contribution in [3.8, 4) is 0 Å². The largest absolute Gasteiger partial charge is 0.396 e. The molecule has 1 aromatic rings. The molecule has 0 spiro atoms. The van der Waals surface area contributed by atoms with Crippen molar-refractivity contribution in [1.29, 1.82) is 0 Å². The van der Waals surface area contributed by atoms with Crippen LogP contribution in [0.3, 0.4) is 0 Å². The highest BCUT2D eigenvalue weighted by Crippen LogP contribution is 2.35. The molecule has 1 aromatic carbocycles. The Kier molecular flexibility index (Phi) is 4.51. The summed E-state index contributed by atoms with van der Waals surface area (Å²) in [7, 11) is 0. The lowest BCUT2D eigenvalue weighted by molar-refractivity contribution is 0.0540. The number of hydrogen-bond donors (Lipinski definition) is 1. The quantitative estimate of drug-likeness (QED) is 0.874. The van der Waals surface area contributed by atoms with Gasteiger partial charge >= 0.3 is 0 Å². The monoisotopic (exact) mass is 238 g/mol. The van der Waals surface area contributed by atoms with Crippen molar-refractivity contribution >= 4 is 0 Å². The van der Waals surface area contributed by atoms with E-state index in [1.807, 2.05) is 12.1 Å². The summed E-state index contributed by atoms with van der Waals surface area (Å²) in [5, 5.41) is 9.17. The summed E-state index contributed by atoms with van der Waals surface area (Å²) in [6, 6.07) is 6.91. The second-order valence-electron chi connectivity index (χ2n) is 4.59. The number of halogens is 1. The molecule has 1 heterocycles. The maximum atomic E-state index is 13.8. The minimum Gasteiger partial charge on any atom is -0.396 e. The first-order valence-corrected chi connectivity index (χ1v) is 6.26. The van der Waals surface area contributed by atoms with E-state index < -0.39 is 0 Å². The van der Waals surface area contributed by atoms with E-state index in [1.165, 1.54) is 6.07 Å². The van der Waals surface area contributed by atoms with E-state index in [0.717, 1.165) is 31.6 Å². The molecule has 0 saturated carbocycles. The van der Waals surface area contributed by atoms with Gasteiger partial charge in [-0.25, -0.2) is 4.39 Å². The fraction of sp³-hybridized carbons (Fsp3) is 0.571. The van der Waals surface area contributed by atoms with Gasteiger partial charge in [0.2, 0.25) is 0 Å². The van der Waals surface area contributed by atoms with Gasteiger partial charge in [0.05, 0.1) is 0 Å². The van der Waals surface area contributed by atoms with Crippen molar-refractivity contribution < 1.29 is 14.2 Å². The Hall–Kier alpha value is -0.930. The Bertz CT molecular complexity index is 348. The van der Waals surface area contributed by atoms with E-state index in [-0.39, 0.29) is 18.3 Å². The first kappa shape index (κ1) is 12.5. The number of benzene rings is 1. The van der Waals surface area contributed by atoms with E-state index in [1.54, 1.807) is 6.07 Å². The molecule has 0 aliphatic carbocycles. The minimum atomic E-state index is -0.155. The van der Waals surface area contributed by atoms with Gasteiger partial charge in [0, 0.05) is 19.8 Å². The van der Waals surface area contributed by atoms with Crippen LogP contribution in [0.1, 0.15) is 30.7 Å². The van der Waals surface area contributed by atoms with E-state index in [0.29, 0.717) is 12.3 Å². The summed E-state index contributed by atoms with van der Waals surface area (Å²) in [5.41, 5.74) is 0.744. The second kappa shape index (κ2) is 6.12. The van der Waals surface area contributed by atoms with Crippen LogP contribution in [0.4, 0.5) is 4.39 Å². The second-order valence-corrected chi connectivity index (χ2v) is 4.59. The standard InChI is InChI=1S/C14H19FO2/c15-14-4-2-1-3-13(14)12(5-8-16)11-6-9-17-10-7-11/h1-4,11-12,16H,5-10H2. The van der Waals surface area contributed by atoms with Crippen LogP contribution in [0.15, 0.2) is 24.3 Å². The molecule has 0 amide bonds. The molecule has 1 saturated heterocycles. The predicted molar refractivity (Wildman–Crippen MR) is 64.4 cm³/mol. The lowest BCUT2D eigenvalue weighted by Gasteiger charge is -2.30. The molecule has 0 aromatic heterocycles. The van der Waals surface area contributed by atoms with E-state index >= 15 is 0 Å². The SMILES string of the molecule is OCCC(c1ccccc1F)C1CCOCC1. The third-order valence-corrected chi connectivity index (χ3v) is 3.58. The van der Waals surface area contributed by atoms with Gasteiger partial charge in [-0.05, 0) is 42.7 Å². The van der Waals surface area contributed by atoms with Gasteiger partial charge in [0.1, 0.15) is 5.82 Å². The lowest BCUT2D eigenvalue weighted by atomic mass is 9.79. The van der Waals surface area contributed by atoms with Crippen molar-refractivity contribution in [1.82, 2.24) is 0 Å². The minimum absolute atomic E-state index is 0.107. The van der Waals surface area contributed by atoms with Crippen molar-refractivity contribution in [2.24, 2.45) is 5.92 Å². The Morgan fingerprint density at radius 2 is 2.00 bits per heavy atom. The lowest BCUT2D eigenvalue weighted by Crippen LogP contribution is -2.23. The molecule has 1 fully saturated rings. The maximum absolute atomic E-state index is 13.8. The Labute approximate surface area is 101 Å². The van der Waals surface area contributed by atoms with E-state index in [9.17, 15) is 4.39 Å². The summed E-state index contributed by atoms with van der Waals surface area (Å²) in [6.45, 7) is 1.61. The topological polar surface area (TPSA) is 29.5 Å². The molecule has 1 aliphatic rings. The first-order chi connectivity index (χ1) is 8.33. The Balaban J connectivity index is 2.18. The van der Waals surface area contributed by atoms with E-state index in [4.69, 9.17) is 9.84 Å². The zero-order valence-electron chi connectivity index (χ0n) is 9.94. The molecular weight excluding hydrogens is 219 g/mol. The number of aliphatic hydroxyl groups excluding tert-OH is 1. The average molecular weight is 238 g/mol. The van der Waals surface area contributed by atoms with Gasteiger partial charge in [-0.1, -0.05) is 18.2 Å². The summed E-state index contributed by atoms with van der Waals surface area (Å²) in [6.07, 6.45) is 2.55. The number of rotatable bonds is 4. The van der Waals surface area contributed by atoms with Crippen LogP contribution in [0.5, 0.6) is 0 Å². The molecule has 3 heteroatoms.